The van der Waals surface area contributed by atoms with Crippen LogP contribution < -0.4 is 10.6 Å². The standard InChI is InChI=1S/C18H26N4/c1-3-4-8-12-19-17-14-15(2)21-18(22-17)20-13-11-16-9-6-5-7-10-16/h5-7,9-10,14H,3-4,8,11-13H2,1-2H3,(H2,19,20,21,22). The van der Waals surface area contributed by atoms with Gasteiger partial charge < -0.3 is 10.6 Å². The molecule has 0 fully saturated rings. The molecule has 2 N–H and O–H groups in total. The second-order valence-corrected chi connectivity index (χ2v) is 5.51. The van der Waals surface area contributed by atoms with Gasteiger partial charge >= 0.3 is 0 Å². The minimum absolute atomic E-state index is 0.703. The van der Waals surface area contributed by atoms with Crippen LogP contribution in [0.3, 0.4) is 0 Å². The third-order valence-electron chi connectivity index (χ3n) is 3.48. The molecule has 1 aromatic carbocycles. The van der Waals surface area contributed by atoms with Crippen molar-refractivity contribution in [1.82, 2.24) is 9.97 Å². The molecular formula is C18H26N4. The Morgan fingerprint density at radius 1 is 0.955 bits per heavy atom. The number of aromatic nitrogens is 2. The van der Waals surface area contributed by atoms with Gasteiger partial charge in [0.05, 0.1) is 0 Å². The lowest BCUT2D eigenvalue weighted by molar-refractivity contribution is 0.742. The molecule has 1 aromatic heterocycles. The van der Waals surface area contributed by atoms with Crippen LogP contribution >= 0.6 is 0 Å². The lowest BCUT2D eigenvalue weighted by atomic mass is 10.1. The fourth-order valence-electron chi connectivity index (χ4n) is 2.29. The normalized spacial score (nSPS) is 10.5. The second kappa shape index (κ2) is 9.03. The van der Waals surface area contributed by atoms with Crippen LogP contribution in [0.5, 0.6) is 0 Å². The highest BCUT2D eigenvalue weighted by atomic mass is 15.1. The molecule has 0 saturated heterocycles. The van der Waals surface area contributed by atoms with Crippen molar-refractivity contribution in [3.63, 3.8) is 0 Å². The summed E-state index contributed by atoms with van der Waals surface area (Å²) in [6.45, 7) is 6.02. The van der Waals surface area contributed by atoms with E-state index in [-0.39, 0.29) is 0 Å². The van der Waals surface area contributed by atoms with E-state index in [0.717, 1.165) is 31.0 Å². The Hall–Kier alpha value is -2.10. The maximum atomic E-state index is 4.53. The molecule has 4 nitrogen and oxygen atoms in total. The topological polar surface area (TPSA) is 49.8 Å². The van der Waals surface area contributed by atoms with Crippen molar-refractivity contribution < 1.29 is 0 Å². The first-order valence-electron chi connectivity index (χ1n) is 8.15. The molecule has 0 atom stereocenters. The molecule has 0 bridgehead atoms. The number of aryl methyl sites for hydroxylation is 1. The number of unbranched alkanes of at least 4 members (excludes halogenated alkanes) is 2. The zero-order chi connectivity index (χ0) is 15.6. The summed E-state index contributed by atoms with van der Waals surface area (Å²) in [5, 5.41) is 6.69. The first-order chi connectivity index (χ1) is 10.8. The summed E-state index contributed by atoms with van der Waals surface area (Å²) < 4.78 is 0. The minimum Gasteiger partial charge on any atom is -0.370 e. The van der Waals surface area contributed by atoms with Crippen LogP contribution in [-0.2, 0) is 6.42 Å². The van der Waals surface area contributed by atoms with Crippen LogP contribution in [0.2, 0.25) is 0 Å². The highest BCUT2D eigenvalue weighted by Crippen LogP contribution is 2.10. The van der Waals surface area contributed by atoms with E-state index in [1.54, 1.807) is 0 Å². The summed E-state index contributed by atoms with van der Waals surface area (Å²) in [5.41, 5.74) is 2.30. The monoisotopic (exact) mass is 298 g/mol. The molecule has 0 unspecified atom stereocenters. The fourth-order valence-corrected chi connectivity index (χ4v) is 2.29. The number of hydrogen-bond acceptors (Lipinski definition) is 4. The average molecular weight is 298 g/mol. The van der Waals surface area contributed by atoms with Gasteiger partial charge in [-0.15, -0.1) is 0 Å². The summed E-state index contributed by atoms with van der Waals surface area (Å²) in [6.07, 6.45) is 4.63. The van der Waals surface area contributed by atoms with Crippen LogP contribution in [0.25, 0.3) is 0 Å². The maximum absolute atomic E-state index is 4.53. The molecule has 4 heteroatoms. The summed E-state index contributed by atoms with van der Waals surface area (Å²) >= 11 is 0. The Bertz CT molecular complexity index is 554. The Morgan fingerprint density at radius 2 is 1.77 bits per heavy atom. The van der Waals surface area contributed by atoms with Crippen LogP contribution in [-0.4, -0.2) is 23.1 Å². The quantitative estimate of drug-likeness (QED) is 0.686. The lowest BCUT2D eigenvalue weighted by Gasteiger charge is -2.10. The number of rotatable bonds is 9. The zero-order valence-electron chi connectivity index (χ0n) is 13.6. The molecular weight excluding hydrogens is 272 g/mol. The molecule has 2 rings (SSSR count). The number of nitrogens with one attached hydrogen (secondary N) is 2. The lowest BCUT2D eigenvalue weighted by Crippen LogP contribution is -2.11. The van der Waals surface area contributed by atoms with Crippen molar-refractivity contribution in [2.45, 2.75) is 39.5 Å². The molecule has 0 aliphatic carbocycles. The van der Waals surface area contributed by atoms with Gasteiger partial charge in [-0.3, -0.25) is 0 Å². The van der Waals surface area contributed by atoms with Crippen LogP contribution in [0.1, 0.15) is 37.4 Å². The van der Waals surface area contributed by atoms with Crippen molar-refractivity contribution in [3.05, 3.63) is 47.7 Å². The first kappa shape index (κ1) is 16.3. The van der Waals surface area contributed by atoms with E-state index in [1.807, 2.05) is 19.1 Å². The molecule has 0 aliphatic rings. The van der Waals surface area contributed by atoms with Gasteiger partial charge in [-0.25, -0.2) is 4.98 Å². The molecule has 0 spiro atoms. The van der Waals surface area contributed by atoms with Gasteiger partial charge in [-0.2, -0.15) is 4.98 Å². The van der Waals surface area contributed by atoms with E-state index in [4.69, 9.17) is 0 Å². The van der Waals surface area contributed by atoms with E-state index in [0.29, 0.717) is 5.95 Å². The summed E-state index contributed by atoms with van der Waals surface area (Å²) in [4.78, 5) is 8.98. The van der Waals surface area contributed by atoms with Crippen molar-refractivity contribution in [2.75, 3.05) is 23.7 Å². The highest BCUT2D eigenvalue weighted by Gasteiger charge is 2.02. The van der Waals surface area contributed by atoms with Gasteiger partial charge in [-0.05, 0) is 25.3 Å². The van der Waals surface area contributed by atoms with Gasteiger partial charge in [0, 0.05) is 24.8 Å². The molecule has 118 valence electrons. The molecule has 22 heavy (non-hydrogen) atoms. The van der Waals surface area contributed by atoms with Gasteiger partial charge in [-0.1, -0.05) is 50.1 Å². The molecule has 1 heterocycles. The third-order valence-corrected chi connectivity index (χ3v) is 3.48. The van der Waals surface area contributed by atoms with E-state index in [1.165, 1.54) is 24.8 Å². The fraction of sp³-hybridized carbons (Fsp3) is 0.444. The van der Waals surface area contributed by atoms with E-state index >= 15 is 0 Å². The smallest absolute Gasteiger partial charge is 0.224 e. The van der Waals surface area contributed by atoms with Crippen molar-refractivity contribution in [3.8, 4) is 0 Å². The molecule has 0 radical (unpaired) electrons. The number of nitrogens with zero attached hydrogens (tertiary/aromatic N) is 2. The van der Waals surface area contributed by atoms with Crippen molar-refractivity contribution in [1.29, 1.82) is 0 Å². The molecule has 0 amide bonds. The average Bonchev–Trinajstić information content (AvgIpc) is 2.52. The van der Waals surface area contributed by atoms with Gasteiger partial charge in [0.1, 0.15) is 5.82 Å². The van der Waals surface area contributed by atoms with Crippen molar-refractivity contribution in [2.24, 2.45) is 0 Å². The van der Waals surface area contributed by atoms with Gasteiger partial charge in [0.15, 0.2) is 0 Å². The summed E-state index contributed by atoms with van der Waals surface area (Å²) in [5.74, 6) is 1.61. The number of hydrogen-bond donors (Lipinski definition) is 2. The van der Waals surface area contributed by atoms with E-state index in [2.05, 4.69) is 51.8 Å². The minimum atomic E-state index is 0.703. The molecule has 0 aliphatic heterocycles. The maximum Gasteiger partial charge on any atom is 0.224 e. The van der Waals surface area contributed by atoms with Gasteiger partial charge in [0.25, 0.3) is 0 Å². The highest BCUT2D eigenvalue weighted by molar-refractivity contribution is 5.42. The summed E-state index contributed by atoms with van der Waals surface area (Å²) in [7, 11) is 0. The predicted molar refractivity (Wildman–Crippen MR) is 93.4 cm³/mol. The largest absolute Gasteiger partial charge is 0.370 e. The SMILES string of the molecule is CCCCCNc1cc(C)nc(NCCc2ccccc2)n1. The summed E-state index contributed by atoms with van der Waals surface area (Å²) in [6, 6.07) is 12.4. The van der Waals surface area contributed by atoms with Crippen molar-refractivity contribution >= 4 is 11.8 Å². The zero-order valence-corrected chi connectivity index (χ0v) is 13.6. The Morgan fingerprint density at radius 3 is 2.55 bits per heavy atom. The van der Waals surface area contributed by atoms with Crippen LogP contribution in [0.15, 0.2) is 36.4 Å². The predicted octanol–water partition coefficient (Wildman–Crippen LogP) is 4.04. The molecule has 2 aromatic rings. The number of benzene rings is 1. The van der Waals surface area contributed by atoms with E-state index < -0.39 is 0 Å². The Kier molecular flexibility index (Phi) is 6.68. The Balaban J connectivity index is 1.83. The van der Waals surface area contributed by atoms with Gasteiger partial charge in [0.2, 0.25) is 5.95 Å². The molecule has 0 saturated carbocycles. The third kappa shape index (κ3) is 5.72. The first-order valence-corrected chi connectivity index (χ1v) is 8.15. The van der Waals surface area contributed by atoms with Crippen LogP contribution in [0.4, 0.5) is 11.8 Å². The van der Waals surface area contributed by atoms with Crippen LogP contribution in [0, 0.1) is 6.92 Å². The second-order valence-electron chi connectivity index (χ2n) is 5.51. The number of anilines is 2. The van der Waals surface area contributed by atoms with E-state index in [9.17, 15) is 0 Å². The Labute approximate surface area is 133 Å².